The highest BCUT2D eigenvalue weighted by Crippen LogP contribution is 2.05. The lowest BCUT2D eigenvalue weighted by atomic mass is 10.1. The first-order valence-electron chi connectivity index (χ1n) is 4.76. The second-order valence-corrected chi connectivity index (χ2v) is 3.11. The molecule has 0 aromatic rings. The fourth-order valence-electron chi connectivity index (χ4n) is 0.940. The zero-order chi connectivity index (χ0) is 10.8. The fourth-order valence-corrected chi connectivity index (χ4v) is 0.940. The van der Waals surface area contributed by atoms with Gasteiger partial charge in [-0.15, -0.1) is 0 Å². The molecule has 0 amide bonds. The average Bonchev–Trinajstić information content (AvgIpc) is 2.23. The van der Waals surface area contributed by atoms with Gasteiger partial charge >= 0.3 is 0 Å². The Morgan fingerprint density at radius 2 is 1.79 bits per heavy atom. The van der Waals surface area contributed by atoms with Gasteiger partial charge in [0.1, 0.15) is 0 Å². The third-order valence-corrected chi connectivity index (χ3v) is 1.97. The highest BCUT2D eigenvalue weighted by molar-refractivity contribution is 4.84. The lowest BCUT2D eigenvalue weighted by Crippen LogP contribution is -2.14. The molecular formula is C10H16N2O2. The van der Waals surface area contributed by atoms with Crippen molar-refractivity contribution in [2.75, 3.05) is 19.8 Å². The van der Waals surface area contributed by atoms with E-state index in [1.54, 1.807) is 0 Å². The number of rotatable bonds is 7. The largest absolute Gasteiger partial charge is 0.396 e. The molecule has 0 aromatic heterocycles. The lowest BCUT2D eigenvalue weighted by molar-refractivity contribution is 0.0880. The standard InChI is InChI=1S/C10H16N2O2/c1-2-9(5-11)7-14-8-10(6-12)3-4-13/h9-10,13H,2-4,7-8H2,1H3. The van der Waals surface area contributed by atoms with Gasteiger partial charge in [0.2, 0.25) is 0 Å². The number of hydrogen-bond acceptors (Lipinski definition) is 4. The molecule has 4 nitrogen and oxygen atoms in total. The van der Waals surface area contributed by atoms with E-state index in [2.05, 4.69) is 6.07 Å². The Kier molecular flexibility index (Phi) is 7.83. The zero-order valence-corrected chi connectivity index (χ0v) is 8.44. The summed E-state index contributed by atoms with van der Waals surface area (Å²) in [5.41, 5.74) is 0. The second kappa shape index (κ2) is 8.50. The van der Waals surface area contributed by atoms with Gasteiger partial charge in [0.15, 0.2) is 0 Å². The Labute approximate surface area is 84.7 Å². The molecule has 14 heavy (non-hydrogen) atoms. The van der Waals surface area contributed by atoms with E-state index >= 15 is 0 Å². The van der Waals surface area contributed by atoms with Crippen molar-refractivity contribution in [1.82, 2.24) is 0 Å². The SMILES string of the molecule is CCC(C#N)COCC(C#N)CCO. The summed E-state index contributed by atoms with van der Waals surface area (Å²) in [6.07, 6.45) is 1.19. The van der Waals surface area contributed by atoms with E-state index in [1.165, 1.54) is 0 Å². The Morgan fingerprint density at radius 3 is 2.21 bits per heavy atom. The van der Waals surface area contributed by atoms with E-state index in [9.17, 15) is 0 Å². The molecule has 0 aliphatic rings. The molecule has 0 rings (SSSR count). The molecular weight excluding hydrogens is 180 g/mol. The molecule has 0 saturated heterocycles. The van der Waals surface area contributed by atoms with Crippen molar-refractivity contribution in [2.24, 2.45) is 11.8 Å². The van der Waals surface area contributed by atoms with E-state index in [1.807, 2.05) is 13.0 Å². The lowest BCUT2D eigenvalue weighted by Gasteiger charge is -2.10. The predicted molar refractivity (Wildman–Crippen MR) is 51.0 cm³/mol. The van der Waals surface area contributed by atoms with Gasteiger partial charge in [-0.1, -0.05) is 6.92 Å². The summed E-state index contributed by atoms with van der Waals surface area (Å²) in [6, 6.07) is 4.16. The zero-order valence-electron chi connectivity index (χ0n) is 8.44. The van der Waals surface area contributed by atoms with Crippen LogP contribution in [0.15, 0.2) is 0 Å². The van der Waals surface area contributed by atoms with Crippen LogP contribution in [-0.4, -0.2) is 24.9 Å². The van der Waals surface area contributed by atoms with Crippen molar-refractivity contribution in [2.45, 2.75) is 19.8 Å². The molecule has 2 atom stereocenters. The summed E-state index contributed by atoms with van der Waals surface area (Å²) in [4.78, 5) is 0. The predicted octanol–water partition coefficient (Wildman–Crippen LogP) is 1.07. The number of nitrogens with zero attached hydrogens (tertiary/aromatic N) is 2. The molecule has 0 aliphatic heterocycles. The van der Waals surface area contributed by atoms with Crippen molar-refractivity contribution < 1.29 is 9.84 Å². The molecule has 0 radical (unpaired) electrons. The molecule has 0 heterocycles. The first kappa shape index (κ1) is 12.9. The van der Waals surface area contributed by atoms with E-state index in [4.69, 9.17) is 20.4 Å². The minimum absolute atomic E-state index is 0.00293. The van der Waals surface area contributed by atoms with Gasteiger partial charge < -0.3 is 9.84 Å². The molecule has 0 aromatic carbocycles. The molecule has 2 unspecified atom stereocenters. The summed E-state index contributed by atoms with van der Waals surface area (Å²) < 4.78 is 5.23. The number of hydrogen-bond donors (Lipinski definition) is 1. The van der Waals surface area contributed by atoms with Gasteiger partial charge in [-0.3, -0.25) is 0 Å². The van der Waals surface area contributed by atoms with Crippen molar-refractivity contribution in [1.29, 1.82) is 10.5 Å². The monoisotopic (exact) mass is 196 g/mol. The molecule has 78 valence electrons. The van der Waals surface area contributed by atoms with Gasteiger partial charge in [0, 0.05) is 6.61 Å². The van der Waals surface area contributed by atoms with E-state index in [0.29, 0.717) is 19.6 Å². The third kappa shape index (κ3) is 5.53. The van der Waals surface area contributed by atoms with Crippen LogP contribution in [0.3, 0.4) is 0 Å². The Hall–Kier alpha value is -1.10. The first-order valence-corrected chi connectivity index (χ1v) is 4.76. The average molecular weight is 196 g/mol. The molecule has 0 saturated carbocycles. The van der Waals surface area contributed by atoms with Crippen LogP contribution < -0.4 is 0 Å². The van der Waals surface area contributed by atoms with E-state index in [-0.39, 0.29) is 18.4 Å². The van der Waals surface area contributed by atoms with Crippen LogP contribution in [0.5, 0.6) is 0 Å². The van der Waals surface area contributed by atoms with Gasteiger partial charge in [-0.25, -0.2) is 0 Å². The van der Waals surface area contributed by atoms with Crippen LogP contribution >= 0.6 is 0 Å². The van der Waals surface area contributed by atoms with Crippen molar-refractivity contribution in [3.05, 3.63) is 0 Å². The molecule has 0 aliphatic carbocycles. The van der Waals surface area contributed by atoms with Crippen molar-refractivity contribution in [3.63, 3.8) is 0 Å². The topological polar surface area (TPSA) is 77.0 Å². The quantitative estimate of drug-likeness (QED) is 0.660. The van der Waals surface area contributed by atoms with Crippen LogP contribution in [0.25, 0.3) is 0 Å². The van der Waals surface area contributed by atoms with Gasteiger partial charge in [-0.2, -0.15) is 10.5 Å². The van der Waals surface area contributed by atoms with Gasteiger partial charge in [-0.05, 0) is 12.8 Å². The van der Waals surface area contributed by atoms with Gasteiger partial charge in [0.25, 0.3) is 0 Å². The molecule has 0 fully saturated rings. The fraction of sp³-hybridized carbons (Fsp3) is 0.800. The summed E-state index contributed by atoms with van der Waals surface area (Å²) in [6.45, 7) is 2.59. The van der Waals surface area contributed by atoms with Crippen LogP contribution in [0, 0.1) is 34.5 Å². The highest BCUT2D eigenvalue weighted by Gasteiger charge is 2.09. The Balaban J connectivity index is 3.62. The second-order valence-electron chi connectivity index (χ2n) is 3.11. The maximum atomic E-state index is 8.63. The summed E-state index contributed by atoms with van der Waals surface area (Å²) in [5.74, 6) is -0.361. The van der Waals surface area contributed by atoms with Crippen LogP contribution in [-0.2, 0) is 4.74 Å². The number of aliphatic hydroxyl groups excluding tert-OH is 1. The number of nitriles is 2. The van der Waals surface area contributed by atoms with E-state index < -0.39 is 0 Å². The van der Waals surface area contributed by atoms with Gasteiger partial charge in [0.05, 0.1) is 37.2 Å². The molecule has 0 bridgehead atoms. The molecule has 4 heteroatoms. The maximum absolute atomic E-state index is 8.63. The summed E-state index contributed by atoms with van der Waals surface area (Å²) in [5, 5.41) is 25.9. The minimum atomic E-state index is -0.267. The van der Waals surface area contributed by atoms with Crippen LogP contribution in [0.2, 0.25) is 0 Å². The Bertz CT molecular complexity index is 217. The normalized spacial score (nSPS) is 14.0. The third-order valence-electron chi connectivity index (χ3n) is 1.97. The summed E-state index contributed by atoms with van der Waals surface area (Å²) >= 11 is 0. The van der Waals surface area contributed by atoms with E-state index in [0.717, 1.165) is 6.42 Å². The Morgan fingerprint density at radius 1 is 1.21 bits per heavy atom. The number of aliphatic hydroxyl groups is 1. The van der Waals surface area contributed by atoms with Crippen molar-refractivity contribution >= 4 is 0 Å². The van der Waals surface area contributed by atoms with Crippen LogP contribution in [0.1, 0.15) is 19.8 Å². The molecule has 1 N–H and O–H groups in total. The highest BCUT2D eigenvalue weighted by atomic mass is 16.5. The number of ether oxygens (including phenoxy) is 1. The molecule has 0 spiro atoms. The first-order chi connectivity index (χ1) is 6.78. The smallest absolute Gasteiger partial charge is 0.0719 e. The van der Waals surface area contributed by atoms with Crippen LogP contribution in [0.4, 0.5) is 0 Å². The maximum Gasteiger partial charge on any atom is 0.0719 e. The summed E-state index contributed by atoms with van der Waals surface area (Å²) in [7, 11) is 0. The van der Waals surface area contributed by atoms with Crippen molar-refractivity contribution in [3.8, 4) is 12.1 Å². The minimum Gasteiger partial charge on any atom is -0.396 e.